The van der Waals surface area contributed by atoms with Gasteiger partial charge in [0.25, 0.3) is 0 Å². The van der Waals surface area contributed by atoms with Crippen LogP contribution in [0.5, 0.6) is 0 Å². The summed E-state index contributed by atoms with van der Waals surface area (Å²) in [7, 11) is 0. The van der Waals surface area contributed by atoms with Crippen molar-refractivity contribution in [3.8, 4) is 0 Å². The summed E-state index contributed by atoms with van der Waals surface area (Å²) in [6.45, 7) is 2.58. The van der Waals surface area contributed by atoms with E-state index in [9.17, 15) is 4.79 Å². The van der Waals surface area contributed by atoms with Crippen molar-refractivity contribution in [2.45, 2.75) is 32.6 Å². The number of ether oxygens (including phenoxy) is 2. The summed E-state index contributed by atoms with van der Waals surface area (Å²) in [6, 6.07) is 10.4. The quantitative estimate of drug-likeness (QED) is 0.536. The highest BCUT2D eigenvalue weighted by Crippen LogP contribution is 2.06. The minimum atomic E-state index is -0.560. The average Bonchev–Trinajstić information content (AvgIpc) is 2.35. The lowest BCUT2D eigenvalue weighted by atomic mass is 10.1. The summed E-state index contributed by atoms with van der Waals surface area (Å²) in [6.07, 6.45) is 3.60. The van der Waals surface area contributed by atoms with Gasteiger partial charge >= 0.3 is 6.16 Å². The third-order valence-corrected chi connectivity index (χ3v) is 2.43. The second kappa shape index (κ2) is 8.62. The second-order valence-electron chi connectivity index (χ2n) is 3.83. The van der Waals surface area contributed by atoms with E-state index in [0.717, 1.165) is 25.7 Å². The first-order valence-corrected chi connectivity index (χ1v) is 6.16. The van der Waals surface area contributed by atoms with Crippen molar-refractivity contribution < 1.29 is 14.3 Å². The van der Waals surface area contributed by atoms with E-state index in [1.54, 1.807) is 6.92 Å². The van der Waals surface area contributed by atoms with E-state index in [0.29, 0.717) is 13.2 Å². The van der Waals surface area contributed by atoms with Gasteiger partial charge in [-0.25, -0.2) is 4.79 Å². The summed E-state index contributed by atoms with van der Waals surface area (Å²) >= 11 is 0. The van der Waals surface area contributed by atoms with Gasteiger partial charge < -0.3 is 9.47 Å². The first-order chi connectivity index (χ1) is 8.33. The number of aryl methyl sites for hydroxylation is 1. The SMILES string of the molecule is CCOC(=O)OCCCCCc1ccccc1. The Hall–Kier alpha value is -1.51. The molecule has 0 aliphatic heterocycles. The largest absolute Gasteiger partial charge is 0.508 e. The fourth-order valence-electron chi connectivity index (χ4n) is 1.57. The predicted molar refractivity (Wildman–Crippen MR) is 67.0 cm³/mol. The maximum absolute atomic E-state index is 10.9. The smallest absolute Gasteiger partial charge is 0.435 e. The van der Waals surface area contributed by atoms with Gasteiger partial charge in [-0.1, -0.05) is 30.3 Å². The van der Waals surface area contributed by atoms with Gasteiger partial charge in [0.2, 0.25) is 0 Å². The lowest BCUT2D eigenvalue weighted by Crippen LogP contribution is -2.07. The van der Waals surface area contributed by atoms with Gasteiger partial charge in [0.05, 0.1) is 13.2 Å². The molecule has 17 heavy (non-hydrogen) atoms. The van der Waals surface area contributed by atoms with E-state index < -0.39 is 6.16 Å². The van der Waals surface area contributed by atoms with E-state index in [4.69, 9.17) is 4.74 Å². The van der Waals surface area contributed by atoms with E-state index >= 15 is 0 Å². The molecule has 1 aromatic carbocycles. The number of hydrogen-bond donors (Lipinski definition) is 0. The highest BCUT2D eigenvalue weighted by atomic mass is 16.7. The summed E-state index contributed by atoms with van der Waals surface area (Å²) < 4.78 is 9.53. The summed E-state index contributed by atoms with van der Waals surface area (Å²) in [5.41, 5.74) is 1.36. The molecule has 0 radical (unpaired) electrons. The van der Waals surface area contributed by atoms with E-state index in [2.05, 4.69) is 29.0 Å². The van der Waals surface area contributed by atoms with Crippen LogP contribution in [0.1, 0.15) is 31.7 Å². The van der Waals surface area contributed by atoms with Crippen LogP contribution in [0.2, 0.25) is 0 Å². The molecule has 94 valence electrons. The highest BCUT2D eigenvalue weighted by molar-refractivity contribution is 5.59. The van der Waals surface area contributed by atoms with Crippen molar-refractivity contribution >= 4 is 6.16 Å². The molecule has 0 spiro atoms. The minimum absolute atomic E-state index is 0.368. The zero-order valence-corrected chi connectivity index (χ0v) is 10.4. The molecule has 0 N–H and O–H groups in total. The lowest BCUT2D eigenvalue weighted by molar-refractivity contribution is 0.0579. The van der Waals surface area contributed by atoms with Gasteiger partial charge in [-0.2, -0.15) is 0 Å². The Labute approximate surface area is 103 Å². The number of unbranched alkanes of at least 4 members (excludes halogenated alkanes) is 2. The third-order valence-electron chi connectivity index (χ3n) is 2.43. The van der Waals surface area contributed by atoms with Crippen LogP contribution in [-0.2, 0) is 15.9 Å². The Morgan fingerprint density at radius 2 is 1.82 bits per heavy atom. The topological polar surface area (TPSA) is 35.5 Å². The molecular formula is C14H20O3. The third kappa shape index (κ3) is 6.61. The standard InChI is InChI=1S/C14H20O3/c1-2-16-14(15)17-12-8-4-7-11-13-9-5-3-6-10-13/h3,5-6,9-10H,2,4,7-8,11-12H2,1H3. The van der Waals surface area contributed by atoms with Gasteiger partial charge in [0.15, 0.2) is 0 Å². The van der Waals surface area contributed by atoms with Gasteiger partial charge in [-0.15, -0.1) is 0 Å². The van der Waals surface area contributed by atoms with Crippen molar-refractivity contribution in [2.75, 3.05) is 13.2 Å². The summed E-state index contributed by atoms with van der Waals surface area (Å²) in [5.74, 6) is 0. The van der Waals surface area contributed by atoms with Gasteiger partial charge in [-0.05, 0) is 38.2 Å². The maximum atomic E-state index is 10.9. The van der Waals surface area contributed by atoms with Crippen LogP contribution in [0.4, 0.5) is 4.79 Å². The maximum Gasteiger partial charge on any atom is 0.508 e. The van der Waals surface area contributed by atoms with E-state index in [1.807, 2.05) is 6.07 Å². The van der Waals surface area contributed by atoms with Crippen molar-refractivity contribution in [2.24, 2.45) is 0 Å². The van der Waals surface area contributed by atoms with Crippen LogP contribution < -0.4 is 0 Å². The molecule has 0 amide bonds. The molecule has 0 fully saturated rings. The monoisotopic (exact) mass is 236 g/mol. The average molecular weight is 236 g/mol. The molecular weight excluding hydrogens is 216 g/mol. The summed E-state index contributed by atoms with van der Waals surface area (Å²) in [4.78, 5) is 10.9. The molecule has 0 bridgehead atoms. The minimum Gasteiger partial charge on any atom is -0.435 e. The molecule has 0 saturated heterocycles. The number of hydrogen-bond acceptors (Lipinski definition) is 3. The lowest BCUT2D eigenvalue weighted by Gasteiger charge is -2.04. The second-order valence-corrected chi connectivity index (χ2v) is 3.83. The van der Waals surface area contributed by atoms with Crippen LogP contribution in [-0.4, -0.2) is 19.4 Å². The first-order valence-electron chi connectivity index (χ1n) is 6.16. The Morgan fingerprint density at radius 3 is 2.53 bits per heavy atom. The van der Waals surface area contributed by atoms with Crippen LogP contribution >= 0.6 is 0 Å². The molecule has 0 aliphatic carbocycles. The number of benzene rings is 1. The predicted octanol–water partition coefficient (Wildman–Crippen LogP) is 3.57. The highest BCUT2D eigenvalue weighted by Gasteiger charge is 2.00. The Morgan fingerprint density at radius 1 is 1.06 bits per heavy atom. The van der Waals surface area contributed by atoms with Crippen molar-refractivity contribution in [1.29, 1.82) is 0 Å². The van der Waals surface area contributed by atoms with Gasteiger partial charge in [0, 0.05) is 0 Å². The molecule has 1 rings (SSSR count). The van der Waals surface area contributed by atoms with Crippen molar-refractivity contribution in [3.63, 3.8) is 0 Å². The Kier molecular flexibility index (Phi) is 6.87. The number of carbonyl (C=O) groups excluding carboxylic acids is 1. The van der Waals surface area contributed by atoms with E-state index in [1.165, 1.54) is 5.56 Å². The molecule has 0 atom stereocenters. The Balaban J connectivity index is 1.96. The van der Waals surface area contributed by atoms with Crippen LogP contribution in [0.25, 0.3) is 0 Å². The zero-order valence-electron chi connectivity index (χ0n) is 10.4. The molecule has 3 nitrogen and oxygen atoms in total. The van der Waals surface area contributed by atoms with Gasteiger partial charge in [0.1, 0.15) is 0 Å². The molecule has 0 aromatic heterocycles. The zero-order chi connectivity index (χ0) is 12.3. The normalized spacial score (nSPS) is 9.94. The van der Waals surface area contributed by atoms with Crippen molar-refractivity contribution in [1.82, 2.24) is 0 Å². The summed E-state index contributed by atoms with van der Waals surface area (Å²) in [5, 5.41) is 0. The Bertz CT molecular complexity index is 309. The molecule has 3 heteroatoms. The van der Waals surface area contributed by atoms with Crippen LogP contribution in [0.3, 0.4) is 0 Å². The number of rotatable bonds is 7. The fraction of sp³-hybridized carbons (Fsp3) is 0.500. The van der Waals surface area contributed by atoms with Gasteiger partial charge in [-0.3, -0.25) is 0 Å². The first kappa shape index (κ1) is 13.6. The molecule has 0 heterocycles. The van der Waals surface area contributed by atoms with Crippen molar-refractivity contribution in [3.05, 3.63) is 35.9 Å². The fourth-order valence-corrected chi connectivity index (χ4v) is 1.57. The molecule has 1 aromatic rings. The molecule has 0 aliphatic rings. The molecule has 0 saturated carbocycles. The molecule has 0 unspecified atom stereocenters. The number of carbonyl (C=O) groups is 1. The van der Waals surface area contributed by atoms with E-state index in [-0.39, 0.29) is 0 Å². The van der Waals surface area contributed by atoms with Crippen LogP contribution in [0, 0.1) is 0 Å². The van der Waals surface area contributed by atoms with Crippen LogP contribution in [0.15, 0.2) is 30.3 Å².